The molecule has 0 saturated carbocycles. The number of amides is 4. The Bertz CT molecular complexity index is 1870. The van der Waals surface area contributed by atoms with E-state index < -0.39 is 24.3 Å². The molecule has 2 aliphatic rings. The van der Waals surface area contributed by atoms with Gasteiger partial charge in [0.05, 0.1) is 50.1 Å². The second kappa shape index (κ2) is 17.2. The zero-order chi connectivity index (χ0) is 38.2. The van der Waals surface area contributed by atoms with Gasteiger partial charge in [0.2, 0.25) is 11.8 Å². The number of benzene rings is 2. The van der Waals surface area contributed by atoms with Crippen LogP contribution in [0.2, 0.25) is 0 Å². The van der Waals surface area contributed by atoms with Gasteiger partial charge in [0.1, 0.15) is 23.7 Å². The molecule has 4 heterocycles. The van der Waals surface area contributed by atoms with Crippen molar-refractivity contribution in [1.82, 2.24) is 40.4 Å². The van der Waals surface area contributed by atoms with Crippen molar-refractivity contribution in [2.45, 2.75) is 76.5 Å². The third-order valence-electron chi connectivity index (χ3n) is 10.0. The fourth-order valence-corrected chi connectivity index (χ4v) is 7.02. The van der Waals surface area contributed by atoms with Gasteiger partial charge >= 0.3 is 12.2 Å². The van der Waals surface area contributed by atoms with E-state index in [1.54, 1.807) is 22.2 Å². The summed E-state index contributed by atoms with van der Waals surface area (Å²) in [5.74, 6) is 7.62. The Kier molecular flexibility index (Phi) is 12.0. The summed E-state index contributed by atoms with van der Waals surface area (Å²) in [6.07, 6.45) is 6.49. The van der Waals surface area contributed by atoms with Gasteiger partial charge in [-0.25, -0.2) is 19.6 Å². The first-order valence-corrected chi connectivity index (χ1v) is 18.4. The van der Waals surface area contributed by atoms with Gasteiger partial charge < -0.3 is 39.9 Å². The first kappa shape index (κ1) is 37.7. The van der Waals surface area contributed by atoms with E-state index in [2.05, 4.69) is 42.4 Å². The number of alkyl carbamates (subject to hydrolysis) is 2. The Labute approximate surface area is 314 Å². The Morgan fingerprint density at radius 1 is 0.704 bits per heavy atom. The summed E-state index contributed by atoms with van der Waals surface area (Å²) in [6.45, 7) is 4.90. The predicted octanol–water partition coefficient (Wildman–Crippen LogP) is 5.46. The third kappa shape index (κ3) is 8.41. The first-order valence-electron chi connectivity index (χ1n) is 18.4. The third-order valence-corrected chi connectivity index (χ3v) is 10.0. The fraction of sp³-hybridized carbons (Fsp3) is 0.400. The fourth-order valence-electron chi connectivity index (χ4n) is 7.02. The highest BCUT2D eigenvalue weighted by atomic mass is 16.5. The average molecular weight is 735 g/mol. The summed E-state index contributed by atoms with van der Waals surface area (Å²) < 4.78 is 9.39. The van der Waals surface area contributed by atoms with Gasteiger partial charge in [-0.05, 0) is 73.9 Å². The van der Waals surface area contributed by atoms with Crippen LogP contribution in [-0.2, 0) is 19.1 Å². The van der Waals surface area contributed by atoms with Crippen molar-refractivity contribution in [3.63, 3.8) is 0 Å². The summed E-state index contributed by atoms with van der Waals surface area (Å²) in [5.41, 5.74) is 5.30. The van der Waals surface area contributed by atoms with Crippen LogP contribution in [-0.4, -0.2) is 93.1 Å². The molecule has 2 aliphatic heterocycles. The second-order valence-corrected chi connectivity index (χ2v) is 13.3. The number of methoxy groups -OCH3 is 2. The lowest BCUT2D eigenvalue weighted by atomic mass is 10.1. The van der Waals surface area contributed by atoms with Crippen LogP contribution in [0.3, 0.4) is 0 Å². The van der Waals surface area contributed by atoms with Gasteiger partial charge in [0, 0.05) is 24.2 Å². The molecule has 54 heavy (non-hydrogen) atoms. The second-order valence-electron chi connectivity index (χ2n) is 13.3. The Balaban J connectivity index is 1.07. The summed E-state index contributed by atoms with van der Waals surface area (Å²) in [5, 5.41) is 5.27. The van der Waals surface area contributed by atoms with E-state index in [1.165, 1.54) is 14.2 Å². The number of carbonyl (C=O) groups excluding carboxylic acids is 4. The first-order chi connectivity index (χ1) is 26.2. The van der Waals surface area contributed by atoms with Gasteiger partial charge in [-0.2, -0.15) is 0 Å². The molecule has 4 N–H and O–H groups in total. The van der Waals surface area contributed by atoms with Gasteiger partial charge in [-0.3, -0.25) is 9.59 Å². The number of H-pyrrole nitrogens is 2. The minimum Gasteiger partial charge on any atom is -0.453 e. The van der Waals surface area contributed by atoms with Crippen molar-refractivity contribution >= 4 is 24.0 Å². The van der Waals surface area contributed by atoms with Crippen molar-refractivity contribution in [2.75, 3.05) is 27.3 Å². The number of likely N-dealkylation sites (tertiary alicyclic amines) is 2. The van der Waals surface area contributed by atoms with E-state index in [0.717, 1.165) is 59.3 Å². The molecule has 4 atom stereocenters. The molecule has 0 radical (unpaired) electrons. The highest BCUT2D eigenvalue weighted by Gasteiger charge is 2.37. The van der Waals surface area contributed by atoms with Crippen LogP contribution in [0.4, 0.5) is 9.59 Å². The van der Waals surface area contributed by atoms with Gasteiger partial charge in [-0.1, -0.05) is 50.0 Å². The van der Waals surface area contributed by atoms with Crippen LogP contribution in [0.25, 0.3) is 22.5 Å². The van der Waals surface area contributed by atoms with E-state index in [-0.39, 0.29) is 23.9 Å². The maximum absolute atomic E-state index is 13.3. The normalized spacial score (nSPS) is 17.6. The largest absolute Gasteiger partial charge is 0.453 e. The number of imidazole rings is 2. The van der Waals surface area contributed by atoms with E-state index in [1.807, 2.05) is 62.4 Å². The molecule has 1 unspecified atom stereocenters. The molecule has 4 amide bonds. The zero-order valence-corrected chi connectivity index (χ0v) is 31.0. The molecule has 14 heteroatoms. The highest BCUT2D eigenvalue weighted by molar-refractivity contribution is 5.87. The molecule has 14 nitrogen and oxygen atoms in total. The van der Waals surface area contributed by atoms with Crippen molar-refractivity contribution in [3.8, 4) is 34.4 Å². The van der Waals surface area contributed by atoms with Crippen molar-refractivity contribution in [3.05, 3.63) is 83.7 Å². The van der Waals surface area contributed by atoms with Crippen LogP contribution >= 0.6 is 0 Å². The molecule has 282 valence electrons. The molecule has 2 fully saturated rings. The SMILES string of the molecule is CCC(NC(=O)OC)C(=O)N1CCC[C@H]1c1ncc(-c2ccc(C#Cc3ccc(-c4cnc([C@@H]5CCCN5C(=O)[C@H](CC)NC(=O)OC)[nH]4)cc3)cc2)[nH]1. The highest BCUT2D eigenvalue weighted by Crippen LogP contribution is 2.34. The summed E-state index contributed by atoms with van der Waals surface area (Å²) in [4.78, 5) is 69.7. The molecule has 0 spiro atoms. The van der Waals surface area contributed by atoms with Crippen LogP contribution < -0.4 is 10.6 Å². The number of rotatable bonds is 10. The van der Waals surface area contributed by atoms with E-state index in [0.29, 0.717) is 37.6 Å². The van der Waals surface area contributed by atoms with Gasteiger partial charge in [0.25, 0.3) is 0 Å². The number of hydrogen-bond donors (Lipinski definition) is 4. The Morgan fingerprint density at radius 3 is 1.44 bits per heavy atom. The zero-order valence-electron chi connectivity index (χ0n) is 31.0. The van der Waals surface area contributed by atoms with Gasteiger partial charge in [0.15, 0.2) is 0 Å². The average Bonchev–Trinajstić information content (AvgIpc) is 4.04. The summed E-state index contributed by atoms with van der Waals surface area (Å²) >= 11 is 0. The maximum atomic E-state index is 13.3. The summed E-state index contributed by atoms with van der Waals surface area (Å²) in [6, 6.07) is 14.1. The number of aromatic nitrogens is 4. The number of carbonyl (C=O) groups is 4. The molecule has 6 rings (SSSR count). The van der Waals surface area contributed by atoms with Crippen molar-refractivity contribution < 1.29 is 28.7 Å². The predicted molar refractivity (Wildman–Crippen MR) is 201 cm³/mol. The number of hydrogen-bond acceptors (Lipinski definition) is 8. The maximum Gasteiger partial charge on any atom is 0.407 e. The molecule has 0 aliphatic carbocycles. The van der Waals surface area contributed by atoms with E-state index >= 15 is 0 Å². The van der Waals surface area contributed by atoms with Crippen molar-refractivity contribution in [2.24, 2.45) is 0 Å². The summed E-state index contributed by atoms with van der Waals surface area (Å²) in [7, 11) is 2.56. The van der Waals surface area contributed by atoms with Crippen LogP contribution in [0.5, 0.6) is 0 Å². The number of aromatic amines is 2. The number of ether oxygens (including phenoxy) is 2. The van der Waals surface area contributed by atoms with Crippen LogP contribution in [0.1, 0.15) is 87.2 Å². The van der Waals surface area contributed by atoms with Gasteiger partial charge in [-0.15, -0.1) is 0 Å². The minimum atomic E-state index is -0.656. The molecule has 4 aromatic rings. The monoisotopic (exact) mass is 734 g/mol. The molecule has 2 aromatic heterocycles. The topological polar surface area (TPSA) is 175 Å². The molecule has 2 saturated heterocycles. The van der Waals surface area contributed by atoms with Crippen LogP contribution in [0.15, 0.2) is 60.9 Å². The van der Waals surface area contributed by atoms with E-state index in [4.69, 9.17) is 9.47 Å². The van der Waals surface area contributed by atoms with E-state index in [9.17, 15) is 19.2 Å². The molecular weight excluding hydrogens is 688 g/mol. The molecular formula is C40H46N8O6. The van der Waals surface area contributed by atoms with Crippen molar-refractivity contribution in [1.29, 1.82) is 0 Å². The Hall–Kier alpha value is -6.10. The lowest BCUT2D eigenvalue weighted by Gasteiger charge is -2.27. The quantitative estimate of drug-likeness (QED) is 0.155. The smallest absolute Gasteiger partial charge is 0.407 e. The Morgan fingerprint density at radius 2 is 1.09 bits per heavy atom. The number of nitrogens with zero attached hydrogens (tertiary/aromatic N) is 4. The molecule has 2 aromatic carbocycles. The minimum absolute atomic E-state index is 0.143. The number of nitrogens with one attached hydrogen (secondary N) is 4. The molecule has 0 bridgehead atoms. The van der Waals surface area contributed by atoms with Crippen LogP contribution in [0, 0.1) is 11.8 Å². The standard InChI is InChI=1S/C40H46N8O6/c1-5-29(45-39(51)53-3)37(49)47-21-7-9-33(47)35-41-23-31(43-35)27-17-13-25(14-18-27)11-12-26-15-19-28(20-16-26)32-24-42-36(44-32)34-10-8-22-48(34)38(50)30(6-2)46-40(52)54-4/h13-20,23-24,29-30,33-34H,5-10,21-22H2,1-4H3,(H,41,43)(H,42,44)(H,45,51)(H,46,52)/t29-,30?,33-,34-/m0/s1. The lowest BCUT2D eigenvalue weighted by molar-refractivity contribution is -0.135. The lowest BCUT2D eigenvalue weighted by Crippen LogP contribution is -2.48.